The first kappa shape index (κ1) is 26.6. The molecule has 204 valence electrons. The maximum atomic E-state index is 12.3. The van der Waals surface area contributed by atoms with Gasteiger partial charge < -0.3 is 9.47 Å². The van der Waals surface area contributed by atoms with Crippen LogP contribution in [0.3, 0.4) is 0 Å². The van der Waals surface area contributed by atoms with Crippen LogP contribution in [0.15, 0.2) is 91.0 Å². The van der Waals surface area contributed by atoms with Crippen molar-refractivity contribution in [1.29, 1.82) is 0 Å². The van der Waals surface area contributed by atoms with Gasteiger partial charge in [0.2, 0.25) is 0 Å². The number of carbonyl (C=O) groups excluding carboxylic acids is 2. The van der Waals surface area contributed by atoms with E-state index >= 15 is 0 Å². The summed E-state index contributed by atoms with van der Waals surface area (Å²) in [5.74, 6) is -0.331. The quantitative estimate of drug-likeness (QED) is 0.191. The van der Waals surface area contributed by atoms with Crippen molar-refractivity contribution < 1.29 is 19.1 Å². The third kappa shape index (κ3) is 6.11. The fraction of sp³-hybridized carbons (Fsp3) is 0.125. The second-order valence-corrected chi connectivity index (χ2v) is 11.7. The van der Waals surface area contributed by atoms with E-state index in [9.17, 15) is 9.59 Å². The van der Waals surface area contributed by atoms with Crippen LogP contribution in [0, 0.1) is 0 Å². The van der Waals surface area contributed by atoms with Crippen molar-refractivity contribution in [3.05, 3.63) is 102 Å². The fourth-order valence-corrected chi connectivity index (χ4v) is 6.22. The molecule has 0 atom stereocenters. The number of nitrogens with zero attached hydrogens (tertiary/aromatic N) is 2. The van der Waals surface area contributed by atoms with Crippen LogP contribution < -0.4 is 5.32 Å². The topological polar surface area (TPSA) is 90.4 Å². The summed E-state index contributed by atoms with van der Waals surface area (Å²) in [5.41, 5.74) is 5.79. The smallest absolute Gasteiger partial charge is 0.411 e. The van der Waals surface area contributed by atoms with Gasteiger partial charge in [-0.15, -0.1) is 22.7 Å². The normalized spacial score (nSPS) is 11.2. The van der Waals surface area contributed by atoms with Gasteiger partial charge in [0.1, 0.15) is 16.6 Å². The van der Waals surface area contributed by atoms with Crippen molar-refractivity contribution >= 4 is 60.9 Å². The molecule has 0 saturated heterocycles. The molecule has 6 rings (SSSR count). The van der Waals surface area contributed by atoms with Crippen molar-refractivity contribution in [3.63, 3.8) is 0 Å². The van der Waals surface area contributed by atoms with Crippen molar-refractivity contribution in [2.75, 3.05) is 5.32 Å². The first-order chi connectivity index (χ1) is 19.9. The summed E-state index contributed by atoms with van der Waals surface area (Å²) in [6, 6.07) is 28.7. The van der Waals surface area contributed by atoms with E-state index in [2.05, 4.69) is 11.4 Å². The monoisotopic (exact) mass is 579 g/mol. The molecule has 0 fully saturated rings. The number of carbonyl (C=O) groups is 2. The Morgan fingerprint density at radius 1 is 0.780 bits per heavy atom. The van der Waals surface area contributed by atoms with Crippen LogP contribution in [0.2, 0.25) is 0 Å². The Morgan fingerprint density at radius 2 is 1.41 bits per heavy atom. The molecular weight excluding hydrogens is 555 g/mol. The number of fused-ring (bicyclic) bond motifs is 2. The van der Waals surface area contributed by atoms with E-state index in [1.807, 2.05) is 92.7 Å². The predicted molar refractivity (Wildman–Crippen MR) is 164 cm³/mol. The first-order valence-electron chi connectivity index (χ1n) is 13.0. The number of thiazole rings is 2. The van der Waals surface area contributed by atoms with Crippen LogP contribution in [0.4, 0.5) is 10.5 Å². The highest BCUT2D eigenvalue weighted by atomic mass is 32.1. The Kier molecular flexibility index (Phi) is 7.45. The Morgan fingerprint density at radius 3 is 2.12 bits per heavy atom. The molecule has 0 aliphatic carbocycles. The molecule has 2 aromatic heterocycles. The summed E-state index contributed by atoms with van der Waals surface area (Å²) in [6.45, 7) is 3.88. The third-order valence-electron chi connectivity index (χ3n) is 6.19. The van der Waals surface area contributed by atoms with Crippen LogP contribution in [0.5, 0.6) is 0 Å². The number of hydrogen-bond acceptors (Lipinski definition) is 8. The van der Waals surface area contributed by atoms with Gasteiger partial charge in [-0.2, -0.15) is 0 Å². The molecule has 9 heteroatoms. The van der Waals surface area contributed by atoms with Crippen molar-refractivity contribution in [2.24, 2.45) is 0 Å². The van der Waals surface area contributed by atoms with Crippen LogP contribution in [0.1, 0.15) is 29.8 Å². The fourth-order valence-electron chi connectivity index (χ4n) is 4.21. The summed E-state index contributed by atoms with van der Waals surface area (Å²) in [6.07, 6.45) is -0.675. The highest BCUT2D eigenvalue weighted by molar-refractivity contribution is 7.22. The second kappa shape index (κ2) is 11.5. The minimum Gasteiger partial charge on any atom is -0.459 e. The van der Waals surface area contributed by atoms with Gasteiger partial charge in [-0.05, 0) is 80.1 Å². The van der Waals surface area contributed by atoms with Gasteiger partial charge in [-0.25, -0.2) is 19.6 Å². The average Bonchev–Trinajstić information content (AvgIpc) is 3.60. The van der Waals surface area contributed by atoms with E-state index in [1.165, 1.54) is 0 Å². The molecular formula is C32H25N3O4S2. The number of benzene rings is 4. The number of ether oxygens (including phenoxy) is 2. The molecule has 2 heterocycles. The van der Waals surface area contributed by atoms with Gasteiger partial charge in [-0.3, -0.25) is 5.32 Å². The lowest BCUT2D eigenvalue weighted by Gasteiger charge is -2.07. The summed E-state index contributed by atoms with van der Waals surface area (Å²) in [4.78, 5) is 34.1. The molecule has 0 bridgehead atoms. The van der Waals surface area contributed by atoms with Gasteiger partial charge in [0.25, 0.3) is 0 Å². The third-order valence-corrected chi connectivity index (χ3v) is 8.33. The van der Waals surface area contributed by atoms with Crippen LogP contribution >= 0.6 is 22.7 Å². The number of nitrogens with one attached hydrogen (secondary N) is 1. The lowest BCUT2D eigenvalue weighted by atomic mass is 10.2. The van der Waals surface area contributed by atoms with E-state index in [-0.39, 0.29) is 18.7 Å². The number of hydrogen-bond donors (Lipinski definition) is 1. The standard InChI is InChI=1S/C32H25N3O4S2/c1-19(2)39-31(36)23-11-15-26-28(17-23)41-30(35-26)22-10-14-25-27(16-22)40-29(34-25)21-8-12-24(13-9-21)33-32(37)38-18-20-6-4-3-5-7-20/h3-17,19H,18H2,1-2H3,(H,33,37). The van der Waals surface area contributed by atoms with Gasteiger partial charge in [0.15, 0.2) is 0 Å². The van der Waals surface area contributed by atoms with Crippen LogP contribution in [0.25, 0.3) is 41.6 Å². The Hall–Kier alpha value is -4.60. The number of rotatable bonds is 7. The van der Waals surface area contributed by atoms with Crippen LogP contribution in [-0.2, 0) is 16.1 Å². The second-order valence-electron chi connectivity index (χ2n) is 9.62. The highest BCUT2D eigenvalue weighted by Gasteiger charge is 2.14. The summed E-state index contributed by atoms with van der Waals surface area (Å²) >= 11 is 3.14. The molecule has 4 aromatic carbocycles. The van der Waals surface area contributed by atoms with E-state index in [0.717, 1.165) is 47.1 Å². The summed E-state index contributed by atoms with van der Waals surface area (Å²) < 4.78 is 12.6. The van der Waals surface area contributed by atoms with Gasteiger partial charge in [0.05, 0.1) is 32.1 Å². The number of esters is 1. The molecule has 0 radical (unpaired) electrons. The molecule has 1 amide bonds. The first-order valence-corrected chi connectivity index (χ1v) is 14.7. The van der Waals surface area contributed by atoms with E-state index in [1.54, 1.807) is 28.7 Å². The molecule has 41 heavy (non-hydrogen) atoms. The molecule has 7 nitrogen and oxygen atoms in total. The van der Waals surface area contributed by atoms with Crippen molar-refractivity contribution in [3.8, 4) is 21.1 Å². The summed E-state index contributed by atoms with van der Waals surface area (Å²) in [7, 11) is 0. The predicted octanol–water partition coefficient (Wildman–Crippen LogP) is 8.55. The number of anilines is 1. The zero-order valence-corrected chi connectivity index (χ0v) is 23.9. The molecule has 0 aliphatic rings. The minimum atomic E-state index is -0.504. The Labute approximate surface area is 244 Å². The SMILES string of the molecule is CC(C)OC(=O)c1ccc2nc(-c3ccc4nc(-c5ccc(NC(=O)OCc6ccccc6)cc5)sc4c3)sc2c1. The highest BCUT2D eigenvalue weighted by Crippen LogP contribution is 2.36. The van der Waals surface area contributed by atoms with E-state index in [0.29, 0.717) is 11.3 Å². The maximum Gasteiger partial charge on any atom is 0.411 e. The Bertz CT molecular complexity index is 1860. The lowest BCUT2D eigenvalue weighted by molar-refractivity contribution is 0.0378. The molecule has 1 N–H and O–H groups in total. The average molecular weight is 580 g/mol. The van der Waals surface area contributed by atoms with E-state index in [4.69, 9.17) is 19.4 Å². The van der Waals surface area contributed by atoms with Crippen molar-refractivity contribution in [1.82, 2.24) is 9.97 Å². The van der Waals surface area contributed by atoms with Gasteiger partial charge >= 0.3 is 12.1 Å². The Balaban J connectivity index is 1.16. The molecule has 0 saturated carbocycles. The molecule has 6 aromatic rings. The molecule has 0 aliphatic heterocycles. The minimum absolute atomic E-state index is 0.171. The number of amides is 1. The molecule has 0 spiro atoms. The molecule has 0 unspecified atom stereocenters. The largest absolute Gasteiger partial charge is 0.459 e. The maximum absolute atomic E-state index is 12.3. The van der Waals surface area contributed by atoms with Gasteiger partial charge in [-0.1, -0.05) is 30.3 Å². The zero-order chi connectivity index (χ0) is 28.3. The summed E-state index contributed by atoms with van der Waals surface area (Å²) in [5, 5.41) is 4.52. The number of aromatic nitrogens is 2. The van der Waals surface area contributed by atoms with Crippen LogP contribution in [-0.4, -0.2) is 28.1 Å². The van der Waals surface area contributed by atoms with Gasteiger partial charge in [0, 0.05) is 16.8 Å². The van der Waals surface area contributed by atoms with E-state index < -0.39 is 6.09 Å². The zero-order valence-electron chi connectivity index (χ0n) is 22.3. The van der Waals surface area contributed by atoms with Crippen molar-refractivity contribution in [2.45, 2.75) is 26.6 Å². The lowest BCUT2D eigenvalue weighted by Crippen LogP contribution is -2.13.